The first-order valence-electron chi connectivity index (χ1n) is 6.80. The van der Waals surface area contributed by atoms with E-state index in [1.54, 1.807) is 0 Å². The molecule has 1 aliphatic rings. The van der Waals surface area contributed by atoms with Gasteiger partial charge in [0.15, 0.2) is 11.5 Å². The van der Waals surface area contributed by atoms with Crippen molar-refractivity contribution in [3.05, 3.63) is 23.8 Å². The zero-order valence-corrected chi connectivity index (χ0v) is 8.05. The van der Waals surface area contributed by atoms with Crippen LogP contribution in [-0.4, -0.2) is 19.8 Å². The lowest BCUT2D eigenvalue weighted by Gasteiger charge is -2.09. The van der Waals surface area contributed by atoms with Crippen molar-refractivity contribution < 1.29 is 16.3 Å². The highest BCUT2D eigenvalue weighted by molar-refractivity contribution is 5.44. The van der Waals surface area contributed by atoms with Crippen LogP contribution in [0.4, 0.5) is 0 Å². The first kappa shape index (κ1) is 5.03. The molecule has 1 unspecified atom stereocenters. The van der Waals surface area contributed by atoms with Crippen molar-refractivity contribution in [2.24, 2.45) is 0 Å². The molecule has 0 spiro atoms. The summed E-state index contributed by atoms with van der Waals surface area (Å²) in [5.74, 6) is 0.360. The molecule has 0 saturated carbocycles. The summed E-state index contributed by atoms with van der Waals surface area (Å²) < 4.78 is 48.6. The van der Waals surface area contributed by atoms with Gasteiger partial charge in [-0.2, -0.15) is 0 Å². The van der Waals surface area contributed by atoms with Gasteiger partial charge in [0.1, 0.15) is 2.74 Å². The van der Waals surface area contributed by atoms with Crippen LogP contribution in [0.25, 0.3) is 0 Å². The topological polar surface area (TPSA) is 30.5 Å². The minimum Gasteiger partial charge on any atom is -0.454 e. The van der Waals surface area contributed by atoms with E-state index in [4.69, 9.17) is 16.3 Å². The fourth-order valence-corrected chi connectivity index (χ4v) is 1.14. The lowest BCUT2D eigenvalue weighted by atomic mass is 10.1. The van der Waals surface area contributed by atoms with Crippen molar-refractivity contribution in [2.75, 3.05) is 13.8 Å². The van der Waals surface area contributed by atoms with Crippen molar-refractivity contribution in [1.29, 1.82) is 0 Å². The minimum atomic E-state index is -2.24. The number of nitrogens with one attached hydrogen (secondary N) is 1. The van der Waals surface area contributed by atoms with Crippen LogP contribution < -0.4 is 14.8 Å². The van der Waals surface area contributed by atoms with Gasteiger partial charge in [0, 0.05) is 10.1 Å². The lowest BCUT2D eigenvalue weighted by molar-refractivity contribution is 0.174. The third-order valence-corrected chi connectivity index (χ3v) is 1.95. The fraction of sp³-hybridized carbons (Fsp3) is 0.455. The predicted octanol–water partition coefficient (Wildman–Crippen LogP) is 1.57. The maximum absolute atomic E-state index is 8.06. The van der Waals surface area contributed by atoms with Crippen LogP contribution in [0.5, 0.6) is 11.5 Å². The van der Waals surface area contributed by atoms with Crippen molar-refractivity contribution in [1.82, 2.24) is 5.32 Å². The standard InChI is InChI=1S/C11H15NO2/c1-8(12-2)5-9-3-4-10-11(6-9)14-7-13-10/h3-4,6,8,12H,5,7H2,1-2H3/i5D2,7D2,8D. The molecule has 1 aromatic rings. The van der Waals surface area contributed by atoms with E-state index in [0.717, 1.165) is 0 Å². The van der Waals surface area contributed by atoms with Gasteiger partial charge >= 0.3 is 0 Å². The molecule has 0 aliphatic carbocycles. The number of ether oxygens (including phenoxy) is 2. The molecule has 1 atom stereocenters. The molecular weight excluding hydrogens is 178 g/mol. The van der Waals surface area contributed by atoms with E-state index in [-0.39, 0.29) is 17.1 Å². The van der Waals surface area contributed by atoms with Gasteiger partial charge in [0.05, 0.1) is 0 Å². The molecule has 1 aromatic carbocycles. The Kier molecular flexibility index (Phi) is 1.39. The second-order valence-electron chi connectivity index (χ2n) is 2.95. The Morgan fingerprint density at radius 2 is 2.43 bits per heavy atom. The van der Waals surface area contributed by atoms with Gasteiger partial charge in [-0.1, -0.05) is 6.07 Å². The van der Waals surface area contributed by atoms with E-state index >= 15 is 0 Å². The van der Waals surface area contributed by atoms with Crippen LogP contribution in [0.3, 0.4) is 0 Å². The van der Waals surface area contributed by atoms with E-state index in [1.165, 1.54) is 32.2 Å². The number of hydrogen-bond acceptors (Lipinski definition) is 3. The van der Waals surface area contributed by atoms with E-state index in [2.05, 4.69) is 5.32 Å². The summed E-state index contributed by atoms with van der Waals surface area (Å²) in [6.07, 6.45) is -1.98. The summed E-state index contributed by atoms with van der Waals surface area (Å²) in [6.45, 7) is -0.808. The molecular formula is C11H15NO2. The van der Waals surface area contributed by atoms with Gasteiger partial charge in [0.2, 0.25) is 6.75 Å². The molecule has 0 aromatic heterocycles. The van der Waals surface area contributed by atoms with Crippen LogP contribution in [0.15, 0.2) is 18.2 Å². The minimum absolute atomic E-state index is 0.137. The molecule has 76 valence electrons. The highest BCUT2D eigenvalue weighted by atomic mass is 16.7. The highest BCUT2D eigenvalue weighted by Gasteiger charge is 2.13. The molecule has 0 fully saturated rings. The third-order valence-electron chi connectivity index (χ3n) is 1.95. The van der Waals surface area contributed by atoms with E-state index in [9.17, 15) is 0 Å². The summed E-state index contributed by atoms with van der Waals surface area (Å²) in [4.78, 5) is 0. The van der Waals surface area contributed by atoms with Gasteiger partial charge < -0.3 is 14.8 Å². The molecule has 3 nitrogen and oxygen atoms in total. The Balaban J connectivity index is 2.40. The van der Waals surface area contributed by atoms with Gasteiger partial charge in [-0.05, 0) is 38.0 Å². The summed E-state index contributed by atoms with van der Waals surface area (Å²) in [5.41, 5.74) is 0.222. The lowest BCUT2D eigenvalue weighted by Crippen LogP contribution is -2.23. The predicted molar refractivity (Wildman–Crippen MR) is 54.8 cm³/mol. The Bertz CT molecular complexity index is 504. The maximum Gasteiger partial charge on any atom is 0.231 e. The smallest absolute Gasteiger partial charge is 0.231 e. The van der Waals surface area contributed by atoms with E-state index in [1.807, 2.05) is 0 Å². The molecule has 3 heteroatoms. The SMILES string of the molecule is [2H]C1([2H])Oc2ccc(C([2H])([2H])C([2H])(C)NC)cc2O1. The Labute approximate surface area is 91.1 Å². The molecule has 0 saturated heterocycles. The Morgan fingerprint density at radius 3 is 3.21 bits per heavy atom. The van der Waals surface area contributed by atoms with Gasteiger partial charge in [-0.3, -0.25) is 0 Å². The van der Waals surface area contributed by atoms with Crippen molar-refractivity contribution in [3.8, 4) is 11.5 Å². The van der Waals surface area contributed by atoms with Gasteiger partial charge in [0.25, 0.3) is 0 Å². The Morgan fingerprint density at radius 1 is 1.64 bits per heavy atom. The van der Waals surface area contributed by atoms with Gasteiger partial charge in [-0.25, -0.2) is 0 Å². The van der Waals surface area contributed by atoms with Crippen molar-refractivity contribution in [3.63, 3.8) is 0 Å². The number of hydrogen-bond donors (Lipinski definition) is 1. The molecule has 1 heterocycles. The normalized spacial score (nSPS) is 27.7. The third kappa shape index (κ3) is 1.82. The molecule has 0 bridgehead atoms. The van der Waals surface area contributed by atoms with E-state index < -0.39 is 19.1 Å². The molecule has 0 radical (unpaired) electrons. The first-order valence-corrected chi connectivity index (χ1v) is 4.30. The van der Waals surface area contributed by atoms with Gasteiger partial charge in [-0.15, -0.1) is 0 Å². The average Bonchev–Trinajstić information content (AvgIpc) is 2.61. The summed E-state index contributed by atoms with van der Waals surface area (Å²) in [5, 5.41) is 2.61. The first-order chi connectivity index (χ1) is 8.59. The summed E-state index contributed by atoms with van der Waals surface area (Å²) >= 11 is 0. The highest BCUT2D eigenvalue weighted by Crippen LogP contribution is 2.32. The van der Waals surface area contributed by atoms with Crippen LogP contribution >= 0.6 is 0 Å². The van der Waals surface area contributed by atoms with Crippen LogP contribution in [0.1, 0.15) is 19.3 Å². The quantitative estimate of drug-likeness (QED) is 0.799. The van der Waals surface area contributed by atoms with E-state index in [0.29, 0.717) is 0 Å². The maximum atomic E-state index is 8.06. The molecule has 2 rings (SSSR count). The van der Waals surface area contributed by atoms with Crippen molar-refractivity contribution in [2.45, 2.75) is 19.3 Å². The van der Waals surface area contributed by atoms with Crippen LogP contribution in [-0.2, 0) is 6.37 Å². The molecule has 1 aliphatic heterocycles. The largest absolute Gasteiger partial charge is 0.454 e. The monoisotopic (exact) mass is 198 g/mol. The zero-order valence-electron chi connectivity index (χ0n) is 13.0. The molecule has 1 N–H and O–H groups in total. The van der Waals surface area contributed by atoms with Crippen LogP contribution in [0, 0.1) is 0 Å². The summed E-state index contributed by atoms with van der Waals surface area (Å²) in [6, 6.07) is 2.75. The number of rotatable bonds is 3. The fourth-order valence-electron chi connectivity index (χ4n) is 1.14. The molecule has 14 heavy (non-hydrogen) atoms. The second kappa shape index (κ2) is 3.88. The molecule has 0 amide bonds. The second-order valence-corrected chi connectivity index (χ2v) is 2.95. The number of likely N-dealkylation sites (N-methyl/N-ethyl adjacent to an activating group) is 1. The Hall–Kier alpha value is -1.22. The summed E-state index contributed by atoms with van der Waals surface area (Å²) in [7, 11) is 1.51. The zero-order chi connectivity index (χ0) is 14.5. The number of benzene rings is 1. The average molecular weight is 198 g/mol. The van der Waals surface area contributed by atoms with Crippen molar-refractivity contribution >= 4 is 0 Å². The van der Waals surface area contributed by atoms with Crippen LogP contribution in [0.2, 0.25) is 0 Å². The number of fused-ring (bicyclic) bond motifs is 1.